The molecule has 216 valence electrons. The molecule has 1 aliphatic rings. The monoisotopic (exact) mass is 581 g/mol. The van der Waals surface area contributed by atoms with Crippen molar-refractivity contribution in [3.63, 3.8) is 0 Å². The molecule has 2 N–H and O–H groups in total. The van der Waals surface area contributed by atoms with Gasteiger partial charge in [-0.2, -0.15) is 0 Å². The Labute approximate surface area is 250 Å². The van der Waals surface area contributed by atoms with Gasteiger partial charge >= 0.3 is 5.97 Å². The van der Waals surface area contributed by atoms with Crippen molar-refractivity contribution in [2.24, 2.45) is 0 Å². The molecule has 0 aliphatic carbocycles. The van der Waals surface area contributed by atoms with E-state index in [4.69, 9.17) is 0 Å². The van der Waals surface area contributed by atoms with Gasteiger partial charge in [-0.1, -0.05) is 61.4 Å². The highest BCUT2D eigenvalue weighted by molar-refractivity contribution is 7.12. The number of amides is 2. The topological polar surface area (TPSA) is 89.9 Å². The summed E-state index contributed by atoms with van der Waals surface area (Å²) in [5.74, 6) is -1.28. The lowest BCUT2D eigenvalue weighted by Gasteiger charge is -2.26. The number of nitrogens with one attached hydrogen (secondary N) is 1. The van der Waals surface area contributed by atoms with Gasteiger partial charge in [0.1, 0.15) is 0 Å². The van der Waals surface area contributed by atoms with Crippen LogP contribution in [-0.4, -0.2) is 47.4 Å². The first kappa shape index (κ1) is 29.1. The van der Waals surface area contributed by atoms with Crippen LogP contribution >= 0.6 is 11.3 Å². The van der Waals surface area contributed by atoms with E-state index in [0.717, 1.165) is 54.0 Å². The molecule has 0 saturated carbocycles. The third kappa shape index (κ3) is 7.44. The first-order valence-corrected chi connectivity index (χ1v) is 15.3. The number of nitrogens with zero attached hydrogens (tertiary/aromatic N) is 2. The number of carbonyl (C=O) groups excluding carboxylic acids is 2. The van der Waals surface area contributed by atoms with Crippen molar-refractivity contribution in [1.82, 2.24) is 4.90 Å². The Morgan fingerprint density at radius 3 is 2.31 bits per heavy atom. The van der Waals surface area contributed by atoms with Crippen molar-refractivity contribution >= 4 is 40.5 Å². The highest BCUT2D eigenvalue weighted by Gasteiger charge is 2.19. The van der Waals surface area contributed by atoms with Crippen molar-refractivity contribution < 1.29 is 19.5 Å². The maximum absolute atomic E-state index is 13.3. The molecule has 1 aromatic heterocycles. The second kappa shape index (κ2) is 14.0. The van der Waals surface area contributed by atoms with Crippen LogP contribution in [0.25, 0.3) is 11.1 Å². The van der Waals surface area contributed by atoms with Crippen LogP contribution in [0.15, 0.2) is 90.3 Å². The summed E-state index contributed by atoms with van der Waals surface area (Å²) in [6.45, 7) is 2.30. The van der Waals surface area contributed by atoms with E-state index in [1.165, 1.54) is 24.2 Å². The summed E-state index contributed by atoms with van der Waals surface area (Å²) in [4.78, 5) is 42.3. The van der Waals surface area contributed by atoms with Crippen LogP contribution in [-0.2, 0) is 11.3 Å². The minimum atomic E-state index is -0.948. The molecular formula is C34H35N3O4S. The molecule has 0 bridgehead atoms. The smallest absolute Gasteiger partial charge is 0.305 e. The lowest BCUT2D eigenvalue weighted by atomic mass is 10.0. The predicted molar refractivity (Wildman–Crippen MR) is 168 cm³/mol. The molecule has 8 heteroatoms. The van der Waals surface area contributed by atoms with Crippen LogP contribution in [0.1, 0.15) is 57.7 Å². The van der Waals surface area contributed by atoms with E-state index in [1.807, 2.05) is 53.9 Å². The van der Waals surface area contributed by atoms with Gasteiger partial charge in [-0.25, -0.2) is 0 Å². The number of aliphatic carboxylic acids is 1. The number of carboxylic acids is 1. The first-order chi connectivity index (χ1) is 20.5. The van der Waals surface area contributed by atoms with Gasteiger partial charge in [0.15, 0.2) is 0 Å². The molecule has 2 heterocycles. The molecule has 0 unspecified atom stereocenters. The summed E-state index contributed by atoms with van der Waals surface area (Å²) in [6, 6.07) is 26.8. The van der Waals surface area contributed by atoms with E-state index < -0.39 is 5.97 Å². The van der Waals surface area contributed by atoms with Crippen molar-refractivity contribution in [2.75, 3.05) is 29.9 Å². The van der Waals surface area contributed by atoms with Crippen molar-refractivity contribution in [1.29, 1.82) is 0 Å². The van der Waals surface area contributed by atoms with Gasteiger partial charge in [0.05, 0.1) is 22.7 Å². The van der Waals surface area contributed by atoms with Gasteiger partial charge in [0, 0.05) is 31.7 Å². The number of carbonyl (C=O) groups is 3. The van der Waals surface area contributed by atoms with Gasteiger partial charge in [0.25, 0.3) is 11.8 Å². The van der Waals surface area contributed by atoms with Gasteiger partial charge in [-0.15, -0.1) is 11.3 Å². The van der Waals surface area contributed by atoms with E-state index in [0.29, 0.717) is 10.4 Å². The Morgan fingerprint density at radius 1 is 0.833 bits per heavy atom. The molecule has 5 rings (SSSR count). The fourth-order valence-corrected chi connectivity index (χ4v) is 5.93. The lowest BCUT2D eigenvalue weighted by molar-refractivity contribution is -0.137. The zero-order valence-electron chi connectivity index (χ0n) is 23.5. The van der Waals surface area contributed by atoms with Crippen molar-refractivity contribution in [3.05, 3.63) is 106 Å². The van der Waals surface area contributed by atoms with Crippen molar-refractivity contribution in [2.45, 2.75) is 38.6 Å². The Bertz CT molecular complexity index is 1510. The number of hydrogen-bond acceptors (Lipinski definition) is 5. The minimum Gasteiger partial charge on any atom is -0.481 e. The molecule has 7 nitrogen and oxygen atoms in total. The molecule has 0 radical (unpaired) electrons. The average Bonchev–Trinajstić information content (AvgIpc) is 3.43. The van der Waals surface area contributed by atoms with Crippen LogP contribution in [0.5, 0.6) is 0 Å². The zero-order chi connectivity index (χ0) is 29.3. The largest absolute Gasteiger partial charge is 0.481 e. The Hall–Kier alpha value is -4.43. The Kier molecular flexibility index (Phi) is 9.66. The highest BCUT2D eigenvalue weighted by Crippen LogP contribution is 2.34. The van der Waals surface area contributed by atoms with Crippen LogP contribution < -0.4 is 10.2 Å². The number of hydrogen-bond donors (Lipinski definition) is 2. The standard InChI is InChI=1S/C34H35N3O4S/c38-32(39)17-20-37(34(41)26-11-4-3-5-12-26)24-25-10-8-13-27(22-25)28-15-16-30(36-18-6-1-2-7-19-36)29(23-28)35-33(40)31-14-9-21-42-31/h3-5,8-16,21-23H,1-2,6-7,17-20,24H2,(H,35,40)(H,38,39). The van der Waals surface area contributed by atoms with Gasteiger partial charge in [0.2, 0.25) is 0 Å². The SMILES string of the molecule is O=C(O)CCN(Cc1cccc(-c2ccc(N3CCCCCC3)c(NC(=O)c3cccs3)c2)c1)C(=O)c1ccccc1. The fourth-order valence-electron chi connectivity index (χ4n) is 5.31. The maximum Gasteiger partial charge on any atom is 0.305 e. The second-order valence-electron chi connectivity index (χ2n) is 10.5. The quantitative estimate of drug-likeness (QED) is 0.207. The molecule has 1 saturated heterocycles. The Balaban J connectivity index is 1.43. The summed E-state index contributed by atoms with van der Waals surface area (Å²) < 4.78 is 0. The summed E-state index contributed by atoms with van der Waals surface area (Å²) in [7, 11) is 0. The molecule has 0 atom stereocenters. The summed E-state index contributed by atoms with van der Waals surface area (Å²) >= 11 is 1.41. The molecule has 3 aromatic carbocycles. The molecule has 1 aliphatic heterocycles. The number of carboxylic acid groups (broad SMARTS) is 1. The molecule has 42 heavy (non-hydrogen) atoms. The van der Waals surface area contributed by atoms with E-state index in [1.54, 1.807) is 29.2 Å². The van der Waals surface area contributed by atoms with Crippen molar-refractivity contribution in [3.8, 4) is 11.1 Å². The molecular weight excluding hydrogens is 546 g/mol. The van der Waals surface area contributed by atoms with Crippen LogP contribution in [0.2, 0.25) is 0 Å². The van der Waals surface area contributed by atoms with E-state index in [2.05, 4.69) is 22.3 Å². The highest BCUT2D eigenvalue weighted by atomic mass is 32.1. The van der Waals surface area contributed by atoms with Crippen LogP contribution in [0.4, 0.5) is 11.4 Å². The van der Waals surface area contributed by atoms with Crippen LogP contribution in [0, 0.1) is 0 Å². The number of rotatable bonds is 10. The zero-order valence-corrected chi connectivity index (χ0v) is 24.3. The normalized spacial score (nSPS) is 13.3. The minimum absolute atomic E-state index is 0.108. The van der Waals surface area contributed by atoms with E-state index in [9.17, 15) is 19.5 Å². The van der Waals surface area contributed by atoms with Crippen LogP contribution in [0.3, 0.4) is 0 Å². The van der Waals surface area contributed by atoms with Gasteiger partial charge in [-0.3, -0.25) is 14.4 Å². The van der Waals surface area contributed by atoms with Gasteiger partial charge in [-0.05, 0) is 71.3 Å². The predicted octanol–water partition coefficient (Wildman–Crippen LogP) is 7.16. The maximum atomic E-state index is 13.3. The average molecular weight is 582 g/mol. The summed E-state index contributed by atoms with van der Waals surface area (Å²) in [5.41, 5.74) is 5.11. The third-order valence-corrected chi connectivity index (χ3v) is 8.34. The number of thiophene rings is 1. The summed E-state index contributed by atoms with van der Waals surface area (Å²) in [6.07, 6.45) is 4.55. The lowest BCUT2D eigenvalue weighted by Crippen LogP contribution is -2.32. The number of anilines is 2. The Morgan fingerprint density at radius 2 is 1.60 bits per heavy atom. The fraction of sp³-hybridized carbons (Fsp3) is 0.265. The summed E-state index contributed by atoms with van der Waals surface area (Å²) in [5, 5.41) is 14.4. The molecule has 1 fully saturated rings. The van der Waals surface area contributed by atoms with Gasteiger partial charge < -0.3 is 20.2 Å². The van der Waals surface area contributed by atoms with E-state index >= 15 is 0 Å². The molecule has 4 aromatic rings. The molecule has 0 spiro atoms. The van der Waals surface area contributed by atoms with E-state index in [-0.39, 0.29) is 31.3 Å². The third-order valence-electron chi connectivity index (χ3n) is 7.47. The molecule has 2 amide bonds. The second-order valence-corrected chi connectivity index (χ2v) is 11.4. The number of benzene rings is 3. The first-order valence-electron chi connectivity index (χ1n) is 14.4.